The van der Waals surface area contributed by atoms with Crippen LogP contribution in [0.2, 0.25) is 0 Å². The largest absolute Gasteiger partial charge is 0.490 e. The number of hydrazine groups is 1. The van der Waals surface area contributed by atoms with Crippen molar-refractivity contribution in [2.45, 2.75) is 0 Å². The van der Waals surface area contributed by atoms with Crippen LogP contribution in [0.3, 0.4) is 0 Å². The highest BCUT2D eigenvalue weighted by atomic mass is 79.9. The van der Waals surface area contributed by atoms with Crippen molar-refractivity contribution in [3.05, 3.63) is 28.2 Å². The molecule has 0 heterocycles. The van der Waals surface area contributed by atoms with Gasteiger partial charge in [-0.25, -0.2) is 10.2 Å². The van der Waals surface area contributed by atoms with Crippen molar-refractivity contribution in [2.24, 2.45) is 0 Å². The van der Waals surface area contributed by atoms with Gasteiger partial charge in [-0.15, -0.1) is 0 Å². The van der Waals surface area contributed by atoms with Crippen LogP contribution in [0.15, 0.2) is 22.7 Å². The summed E-state index contributed by atoms with van der Waals surface area (Å²) in [5.41, 5.74) is 4.64. The number of carbonyl (C=O) groups is 2. The van der Waals surface area contributed by atoms with Gasteiger partial charge in [0.2, 0.25) is 0 Å². The molecule has 0 atom stereocenters. The quantitative estimate of drug-likeness (QED) is 0.622. The number of methoxy groups -OCH3 is 2. The van der Waals surface area contributed by atoms with Crippen molar-refractivity contribution < 1.29 is 23.8 Å². The molecule has 0 aliphatic rings. The lowest BCUT2D eigenvalue weighted by atomic mass is 10.2. The molecule has 0 aliphatic heterocycles. The van der Waals surface area contributed by atoms with Crippen molar-refractivity contribution in [3.8, 4) is 5.75 Å². The third-order valence-corrected chi connectivity index (χ3v) is 2.82. The highest BCUT2D eigenvalue weighted by Crippen LogP contribution is 2.25. The van der Waals surface area contributed by atoms with E-state index in [2.05, 4.69) is 31.5 Å². The first-order valence-corrected chi connectivity index (χ1v) is 6.43. The van der Waals surface area contributed by atoms with E-state index < -0.39 is 12.0 Å². The second-order valence-electron chi connectivity index (χ2n) is 3.56. The van der Waals surface area contributed by atoms with E-state index in [1.807, 2.05) is 0 Å². The maximum atomic E-state index is 11.7. The first-order chi connectivity index (χ1) is 9.58. The summed E-state index contributed by atoms with van der Waals surface area (Å²) in [7, 11) is 2.78. The van der Waals surface area contributed by atoms with Gasteiger partial charge in [-0.3, -0.25) is 10.2 Å². The molecule has 7 nitrogen and oxygen atoms in total. The molecule has 2 N–H and O–H groups in total. The van der Waals surface area contributed by atoms with Crippen LogP contribution in [0.1, 0.15) is 10.4 Å². The molecule has 0 saturated heterocycles. The van der Waals surface area contributed by atoms with Crippen LogP contribution >= 0.6 is 15.9 Å². The predicted octanol–water partition coefficient (Wildman–Crippen LogP) is 1.48. The smallest absolute Gasteiger partial charge is 0.425 e. The molecule has 8 heteroatoms. The number of rotatable bonds is 5. The third kappa shape index (κ3) is 5.06. The number of hydrogen-bond donors (Lipinski definition) is 2. The zero-order valence-electron chi connectivity index (χ0n) is 11.1. The van der Waals surface area contributed by atoms with Gasteiger partial charge in [0.1, 0.15) is 12.4 Å². The molecule has 0 aliphatic carbocycles. The zero-order valence-corrected chi connectivity index (χ0v) is 12.7. The normalized spacial score (nSPS) is 9.75. The van der Waals surface area contributed by atoms with Crippen LogP contribution in [0, 0.1) is 0 Å². The fraction of sp³-hybridized carbons (Fsp3) is 0.333. The molecule has 0 spiro atoms. The van der Waals surface area contributed by atoms with Gasteiger partial charge in [0, 0.05) is 12.7 Å². The topological polar surface area (TPSA) is 85.9 Å². The number of nitrogens with one attached hydrogen (secondary N) is 2. The Kier molecular flexibility index (Phi) is 6.82. The first kappa shape index (κ1) is 16.3. The Morgan fingerprint density at radius 1 is 1.20 bits per heavy atom. The van der Waals surface area contributed by atoms with E-state index >= 15 is 0 Å². The van der Waals surface area contributed by atoms with Gasteiger partial charge in [0.25, 0.3) is 5.91 Å². The molecule has 1 rings (SSSR count). The number of ether oxygens (including phenoxy) is 3. The molecule has 1 aromatic carbocycles. The molecule has 0 saturated carbocycles. The minimum Gasteiger partial charge on any atom is -0.490 e. The number of halogens is 1. The summed E-state index contributed by atoms with van der Waals surface area (Å²) in [6.45, 7) is 0.877. The lowest BCUT2D eigenvalue weighted by molar-refractivity contribution is 0.0920. The first-order valence-electron chi connectivity index (χ1n) is 5.64. The summed E-state index contributed by atoms with van der Waals surface area (Å²) in [6, 6.07) is 4.80. The summed E-state index contributed by atoms with van der Waals surface area (Å²) in [5.74, 6) is 0.124. The van der Waals surface area contributed by atoms with E-state index in [1.165, 1.54) is 7.11 Å². The molecule has 20 heavy (non-hydrogen) atoms. The minimum absolute atomic E-state index is 0.354. The van der Waals surface area contributed by atoms with E-state index in [1.54, 1.807) is 25.3 Å². The van der Waals surface area contributed by atoms with Crippen LogP contribution < -0.4 is 15.6 Å². The molecule has 0 aromatic heterocycles. The summed E-state index contributed by atoms with van der Waals surface area (Å²) in [5, 5.41) is 0. The molecular formula is C12H15BrN2O5. The van der Waals surface area contributed by atoms with E-state index in [0.717, 1.165) is 0 Å². The van der Waals surface area contributed by atoms with Crippen LogP contribution in [-0.4, -0.2) is 39.4 Å². The number of hydrogen-bond acceptors (Lipinski definition) is 5. The Hall–Kier alpha value is -1.80. The SMILES string of the molecule is COCCOc1ccc(C(=O)NNC(=O)OC)cc1Br. The molecule has 2 amide bonds. The molecule has 0 fully saturated rings. The Bertz CT molecular complexity index is 481. The number of carbonyl (C=O) groups excluding carboxylic acids is 2. The van der Waals surface area contributed by atoms with Crippen LogP contribution in [-0.2, 0) is 9.47 Å². The Balaban J connectivity index is 2.61. The molecular weight excluding hydrogens is 332 g/mol. The van der Waals surface area contributed by atoms with Gasteiger partial charge in [-0.2, -0.15) is 0 Å². The predicted molar refractivity (Wildman–Crippen MR) is 74.5 cm³/mol. The van der Waals surface area contributed by atoms with E-state index in [4.69, 9.17) is 9.47 Å². The van der Waals surface area contributed by atoms with Crippen molar-refractivity contribution in [3.63, 3.8) is 0 Å². The Morgan fingerprint density at radius 3 is 2.55 bits per heavy atom. The lowest BCUT2D eigenvalue weighted by Crippen LogP contribution is -2.41. The fourth-order valence-corrected chi connectivity index (χ4v) is 1.72. The van der Waals surface area contributed by atoms with Gasteiger partial charge in [-0.1, -0.05) is 0 Å². The molecule has 0 bridgehead atoms. The fourth-order valence-electron chi connectivity index (χ4n) is 1.23. The summed E-state index contributed by atoms with van der Waals surface area (Å²) in [6.07, 6.45) is -0.753. The summed E-state index contributed by atoms with van der Waals surface area (Å²) in [4.78, 5) is 22.6. The minimum atomic E-state index is -0.753. The lowest BCUT2D eigenvalue weighted by Gasteiger charge is -2.10. The maximum Gasteiger partial charge on any atom is 0.425 e. The average molecular weight is 347 g/mol. The Labute approximate surface area is 124 Å². The van der Waals surface area contributed by atoms with Gasteiger partial charge < -0.3 is 14.2 Å². The molecule has 0 unspecified atom stereocenters. The van der Waals surface area contributed by atoms with Crippen molar-refractivity contribution in [1.82, 2.24) is 10.9 Å². The highest BCUT2D eigenvalue weighted by Gasteiger charge is 2.10. The monoisotopic (exact) mass is 346 g/mol. The maximum absolute atomic E-state index is 11.7. The van der Waals surface area contributed by atoms with E-state index in [-0.39, 0.29) is 0 Å². The third-order valence-electron chi connectivity index (χ3n) is 2.20. The van der Waals surface area contributed by atoms with Crippen molar-refractivity contribution in [2.75, 3.05) is 27.4 Å². The van der Waals surface area contributed by atoms with Crippen LogP contribution in [0.4, 0.5) is 4.79 Å². The average Bonchev–Trinajstić information content (AvgIpc) is 2.46. The summed E-state index contributed by atoms with van der Waals surface area (Å²) >= 11 is 3.30. The van der Waals surface area contributed by atoms with Gasteiger partial charge in [0.05, 0.1) is 18.2 Å². The Morgan fingerprint density at radius 2 is 1.95 bits per heavy atom. The zero-order chi connectivity index (χ0) is 15.0. The van der Waals surface area contributed by atoms with Crippen molar-refractivity contribution >= 4 is 27.9 Å². The molecule has 0 radical (unpaired) electrons. The van der Waals surface area contributed by atoms with E-state index in [0.29, 0.717) is 29.0 Å². The molecule has 110 valence electrons. The van der Waals surface area contributed by atoms with Crippen LogP contribution in [0.5, 0.6) is 5.75 Å². The second kappa shape index (κ2) is 8.39. The van der Waals surface area contributed by atoms with Gasteiger partial charge in [-0.05, 0) is 34.1 Å². The number of benzene rings is 1. The van der Waals surface area contributed by atoms with Gasteiger partial charge >= 0.3 is 6.09 Å². The van der Waals surface area contributed by atoms with Gasteiger partial charge in [0.15, 0.2) is 0 Å². The highest BCUT2D eigenvalue weighted by molar-refractivity contribution is 9.10. The molecule has 1 aromatic rings. The summed E-state index contributed by atoms with van der Waals surface area (Å²) < 4.78 is 15.3. The second-order valence-corrected chi connectivity index (χ2v) is 4.41. The van der Waals surface area contributed by atoms with Crippen LogP contribution in [0.25, 0.3) is 0 Å². The standard InChI is InChI=1S/C12H15BrN2O5/c1-18-5-6-20-10-4-3-8(7-9(10)13)11(16)14-15-12(17)19-2/h3-4,7H,5-6H2,1-2H3,(H,14,16)(H,15,17). The van der Waals surface area contributed by atoms with Crippen molar-refractivity contribution in [1.29, 1.82) is 0 Å². The van der Waals surface area contributed by atoms with E-state index in [9.17, 15) is 9.59 Å². The number of amides is 2.